The van der Waals surface area contributed by atoms with Gasteiger partial charge in [0.05, 0.1) is 6.10 Å². The fourth-order valence-electron chi connectivity index (χ4n) is 2.44. The molecule has 0 saturated carbocycles. The number of piperidine rings is 1. The second-order valence-corrected chi connectivity index (χ2v) is 13.9. The number of aliphatic hydroxyl groups excluding tert-OH is 1. The second-order valence-electron chi connectivity index (χ2n) is 9.17. The zero-order valence-corrected chi connectivity index (χ0v) is 17.1. The van der Waals surface area contributed by atoms with E-state index in [0.717, 1.165) is 6.42 Å². The summed E-state index contributed by atoms with van der Waals surface area (Å²) in [4.78, 5) is 14.0. The van der Waals surface area contributed by atoms with E-state index in [2.05, 4.69) is 33.9 Å². The van der Waals surface area contributed by atoms with Gasteiger partial charge in [-0.15, -0.1) is 0 Å². The van der Waals surface area contributed by atoms with Gasteiger partial charge in [-0.05, 0) is 45.3 Å². The number of rotatable bonds is 3. The van der Waals surface area contributed by atoms with Gasteiger partial charge in [-0.25, -0.2) is 4.79 Å². The van der Waals surface area contributed by atoms with Gasteiger partial charge in [-0.3, -0.25) is 0 Å². The van der Waals surface area contributed by atoms with Crippen molar-refractivity contribution in [1.82, 2.24) is 4.90 Å². The van der Waals surface area contributed by atoms with Gasteiger partial charge in [0.1, 0.15) is 5.60 Å². The Hall–Kier alpha value is -0.593. The van der Waals surface area contributed by atoms with E-state index >= 15 is 0 Å². The molecule has 1 fully saturated rings. The molecule has 2 unspecified atom stereocenters. The standard InChI is InChI=1S/C17H35NO4Si/c1-16(2,3)21-15(20)18-10-13(12-19)9-14(11-18)22-23(7,8)17(4,5)6/h13-14,19H,9-12H2,1-8H3. The van der Waals surface area contributed by atoms with E-state index in [9.17, 15) is 9.90 Å². The summed E-state index contributed by atoms with van der Waals surface area (Å²) in [7, 11) is -1.91. The van der Waals surface area contributed by atoms with Gasteiger partial charge in [-0.1, -0.05) is 20.8 Å². The average Bonchev–Trinajstić information content (AvgIpc) is 2.34. The number of hydrogen-bond acceptors (Lipinski definition) is 4. The van der Waals surface area contributed by atoms with Crippen molar-refractivity contribution in [3.63, 3.8) is 0 Å². The Kier molecular flexibility index (Phi) is 6.32. The van der Waals surface area contributed by atoms with E-state index in [0.29, 0.717) is 13.1 Å². The largest absolute Gasteiger partial charge is 0.444 e. The summed E-state index contributed by atoms with van der Waals surface area (Å²) in [5.74, 6) is 0.0473. The highest BCUT2D eigenvalue weighted by Gasteiger charge is 2.42. The topological polar surface area (TPSA) is 59.0 Å². The van der Waals surface area contributed by atoms with Gasteiger partial charge in [0.2, 0.25) is 0 Å². The lowest BCUT2D eigenvalue weighted by Gasteiger charge is -2.44. The highest BCUT2D eigenvalue weighted by atomic mass is 28.4. The van der Waals surface area contributed by atoms with Crippen molar-refractivity contribution in [2.24, 2.45) is 5.92 Å². The molecule has 136 valence electrons. The number of aliphatic hydroxyl groups is 1. The molecular formula is C17H35NO4Si. The van der Waals surface area contributed by atoms with E-state index in [1.165, 1.54) is 0 Å². The first kappa shape index (κ1) is 20.5. The molecule has 0 bridgehead atoms. The van der Waals surface area contributed by atoms with E-state index in [4.69, 9.17) is 9.16 Å². The Labute approximate surface area is 142 Å². The number of amides is 1. The van der Waals surface area contributed by atoms with Crippen LogP contribution in [-0.2, 0) is 9.16 Å². The third-order valence-electron chi connectivity index (χ3n) is 4.68. The summed E-state index contributed by atoms with van der Waals surface area (Å²) < 4.78 is 11.9. The first-order chi connectivity index (χ1) is 10.2. The van der Waals surface area contributed by atoms with Crippen LogP contribution in [-0.4, -0.2) is 55.8 Å². The Bertz CT molecular complexity index is 412. The number of hydrogen-bond donors (Lipinski definition) is 1. The molecule has 23 heavy (non-hydrogen) atoms. The molecule has 0 aliphatic carbocycles. The zero-order chi connectivity index (χ0) is 18.1. The number of likely N-dealkylation sites (tertiary alicyclic amines) is 1. The van der Waals surface area contributed by atoms with Gasteiger partial charge >= 0.3 is 6.09 Å². The number of carbonyl (C=O) groups is 1. The maximum absolute atomic E-state index is 12.4. The summed E-state index contributed by atoms with van der Waals surface area (Å²) in [5, 5.41) is 9.70. The summed E-state index contributed by atoms with van der Waals surface area (Å²) >= 11 is 0. The molecule has 6 heteroatoms. The predicted octanol–water partition coefficient (Wildman–Crippen LogP) is 3.63. The highest BCUT2D eigenvalue weighted by molar-refractivity contribution is 6.74. The van der Waals surface area contributed by atoms with Crippen LogP contribution in [0, 0.1) is 5.92 Å². The molecule has 1 heterocycles. The number of nitrogens with zero attached hydrogens (tertiary/aromatic N) is 1. The Morgan fingerprint density at radius 1 is 1.17 bits per heavy atom. The van der Waals surface area contributed by atoms with Crippen molar-refractivity contribution in [3.8, 4) is 0 Å². The highest BCUT2D eigenvalue weighted by Crippen LogP contribution is 2.38. The second kappa shape index (κ2) is 7.11. The van der Waals surface area contributed by atoms with Gasteiger partial charge in [0, 0.05) is 25.6 Å². The van der Waals surface area contributed by atoms with Gasteiger partial charge < -0.3 is 19.2 Å². The fourth-order valence-corrected chi connectivity index (χ4v) is 3.80. The molecular weight excluding hydrogens is 310 g/mol. The maximum Gasteiger partial charge on any atom is 0.410 e. The normalized spacial score (nSPS) is 23.8. The van der Waals surface area contributed by atoms with Crippen LogP contribution in [0.4, 0.5) is 4.79 Å². The van der Waals surface area contributed by atoms with Crippen LogP contribution < -0.4 is 0 Å². The van der Waals surface area contributed by atoms with E-state index in [-0.39, 0.29) is 29.8 Å². The van der Waals surface area contributed by atoms with Crippen molar-refractivity contribution >= 4 is 14.4 Å². The van der Waals surface area contributed by atoms with Crippen molar-refractivity contribution in [2.45, 2.75) is 77.8 Å². The van der Waals surface area contributed by atoms with E-state index in [1.54, 1.807) is 4.90 Å². The van der Waals surface area contributed by atoms with Crippen LogP contribution in [0.15, 0.2) is 0 Å². The van der Waals surface area contributed by atoms with Crippen LogP contribution in [0.2, 0.25) is 18.1 Å². The third kappa shape index (κ3) is 6.08. The molecule has 2 atom stereocenters. The van der Waals surface area contributed by atoms with Crippen LogP contribution in [0.25, 0.3) is 0 Å². The van der Waals surface area contributed by atoms with Crippen molar-refractivity contribution in [2.75, 3.05) is 19.7 Å². The lowest BCUT2D eigenvalue weighted by Crippen LogP contribution is -2.53. The number of ether oxygens (including phenoxy) is 1. The Morgan fingerprint density at radius 3 is 2.17 bits per heavy atom. The number of carbonyl (C=O) groups excluding carboxylic acids is 1. The molecule has 0 spiro atoms. The molecule has 0 radical (unpaired) electrons. The summed E-state index contributed by atoms with van der Waals surface area (Å²) in [6.07, 6.45) is 0.441. The van der Waals surface area contributed by atoms with Crippen molar-refractivity contribution in [1.29, 1.82) is 0 Å². The molecule has 1 N–H and O–H groups in total. The van der Waals surface area contributed by atoms with Crippen LogP contribution in [0.1, 0.15) is 48.0 Å². The maximum atomic E-state index is 12.4. The molecule has 0 aromatic heterocycles. The van der Waals surface area contributed by atoms with Crippen LogP contribution in [0.5, 0.6) is 0 Å². The summed E-state index contributed by atoms with van der Waals surface area (Å²) in [6.45, 7) is 17.8. The minimum Gasteiger partial charge on any atom is -0.444 e. The van der Waals surface area contributed by atoms with Crippen molar-refractivity contribution in [3.05, 3.63) is 0 Å². The molecule has 0 aromatic rings. The van der Waals surface area contributed by atoms with Crippen molar-refractivity contribution < 1.29 is 19.1 Å². The first-order valence-corrected chi connectivity index (χ1v) is 11.4. The average molecular weight is 346 g/mol. The van der Waals surface area contributed by atoms with E-state index < -0.39 is 13.9 Å². The first-order valence-electron chi connectivity index (χ1n) is 8.52. The van der Waals surface area contributed by atoms with Gasteiger partial charge in [0.15, 0.2) is 8.32 Å². The van der Waals surface area contributed by atoms with Crippen LogP contribution in [0.3, 0.4) is 0 Å². The molecule has 0 aromatic carbocycles. The molecule has 5 nitrogen and oxygen atoms in total. The molecule has 1 rings (SSSR count). The SMILES string of the molecule is CC(C)(C)OC(=O)N1CC(CO)CC(O[Si](C)(C)C(C)(C)C)C1. The summed E-state index contributed by atoms with van der Waals surface area (Å²) in [5.41, 5.74) is -0.515. The minimum atomic E-state index is -1.91. The Balaban J connectivity index is 2.80. The Morgan fingerprint density at radius 2 is 1.74 bits per heavy atom. The fraction of sp³-hybridized carbons (Fsp3) is 0.941. The minimum absolute atomic E-state index is 0.0330. The molecule has 1 saturated heterocycles. The smallest absolute Gasteiger partial charge is 0.410 e. The lowest BCUT2D eigenvalue weighted by atomic mass is 9.97. The monoisotopic (exact) mass is 345 g/mol. The predicted molar refractivity (Wildman–Crippen MR) is 95.1 cm³/mol. The lowest BCUT2D eigenvalue weighted by molar-refractivity contribution is -0.0111. The van der Waals surface area contributed by atoms with Crippen LogP contribution >= 0.6 is 0 Å². The van der Waals surface area contributed by atoms with E-state index in [1.807, 2.05) is 20.8 Å². The quantitative estimate of drug-likeness (QED) is 0.794. The molecule has 1 aliphatic heterocycles. The molecule has 1 aliphatic rings. The zero-order valence-electron chi connectivity index (χ0n) is 16.1. The van der Waals surface area contributed by atoms with Gasteiger partial charge in [-0.2, -0.15) is 0 Å². The molecule has 1 amide bonds. The summed E-state index contributed by atoms with van der Waals surface area (Å²) in [6, 6.07) is 0. The third-order valence-corrected chi connectivity index (χ3v) is 9.21. The van der Waals surface area contributed by atoms with Gasteiger partial charge in [0.25, 0.3) is 0 Å².